The lowest BCUT2D eigenvalue weighted by Gasteiger charge is -2.36. The van der Waals surface area contributed by atoms with E-state index in [0.29, 0.717) is 23.7 Å². The van der Waals surface area contributed by atoms with E-state index in [1.165, 1.54) is 16.9 Å². The van der Waals surface area contributed by atoms with Gasteiger partial charge >= 0.3 is 0 Å². The van der Waals surface area contributed by atoms with E-state index in [1.807, 2.05) is 17.5 Å². The first kappa shape index (κ1) is 18.6. The smallest absolute Gasteiger partial charge is 0.183 e. The summed E-state index contributed by atoms with van der Waals surface area (Å²) in [7, 11) is 0. The van der Waals surface area contributed by atoms with Gasteiger partial charge in [-0.1, -0.05) is 23.7 Å². The quantitative estimate of drug-likeness (QED) is 0.797. The Morgan fingerprint density at radius 3 is 2.92 bits per heavy atom. The molecule has 0 saturated carbocycles. The molecule has 25 heavy (non-hydrogen) atoms. The average Bonchev–Trinajstić information content (AvgIpc) is 3.08. The fourth-order valence-electron chi connectivity index (χ4n) is 3.01. The van der Waals surface area contributed by atoms with Crippen LogP contribution in [0.4, 0.5) is 0 Å². The Hall–Kier alpha value is -1.18. The van der Waals surface area contributed by atoms with Crippen LogP contribution >= 0.6 is 22.9 Å². The minimum Gasteiger partial charge on any atom is -0.491 e. The molecular formula is C18H23ClN2O3S. The van der Waals surface area contributed by atoms with Gasteiger partial charge in [-0.05, 0) is 31.0 Å². The fraction of sp³-hybridized carbons (Fsp3) is 0.500. The van der Waals surface area contributed by atoms with Crippen LogP contribution in [0.1, 0.15) is 24.3 Å². The molecule has 1 saturated heterocycles. The number of morpholine rings is 1. The molecule has 2 atom stereocenters. The molecule has 0 radical (unpaired) electrons. The lowest BCUT2D eigenvalue weighted by molar-refractivity contribution is -0.0441. The number of aliphatic hydroxyl groups excluding tert-OH is 1. The molecule has 3 rings (SSSR count). The molecule has 2 heterocycles. The number of halogens is 1. The van der Waals surface area contributed by atoms with Gasteiger partial charge in [0, 0.05) is 24.5 Å². The van der Waals surface area contributed by atoms with Crippen LogP contribution in [0.15, 0.2) is 29.6 Å². The van der Waals surface area contributed by atoms with E-state index in [-0.39, 0.29) is 12.7 Å². The zero-order valence-electron chi connectivity index (χ0n) is 14.2. The Balaban J connectivity index is 1.56. The number of thiazole rings is 1. The average molecular weight is 383 g/mol. The van der Waals surface area contributed by atoms with Gasteiger partial charge in [-0.25, -0.2) is 4.98 Å². The van der Waals surface area contributed by atoms with Gasteiger partial charge in [0.05, 0.1) is 18.9 Å². The van der Waals surface area contributed by atoms with Gasteiger partial charge in [-0.2, -0.15) is 0 Å². The monoisotopic (exact) mass is 382 g/mol. The molecule has 1 N–H and O–H groups in total. The molecule has 1 aromatic heterocycles. The third-order valence-electron chi connectivity index (χ3n) is 4.36. The molecular weight excluding hydrogens is 360 g/mol. The molecule has 0 aliphatic carbocycles. The van der Waals surface area contributed by atoms with Crippen molar-refractivity contribution < 1.29 is 14.6 Å². The van der Waals surface area contributed by atoms with Crippen LogP contribution in [0.2, 0.25) is 4.47 Å². The van der Waals surface area contributed by atoms with Crippen molar-refractivity contribution in [3.63, 3.8) is 0 Å². The van der Waals surface area contributed by atoms with Crippen LogP contribution in [0.3, 0.4) is 0 Å². The number of ether oxygens (including phenoxy) is 2. The number of hydrogen-bond donors (Lipinski definition) is 1. The maximum atomic E-state index is 8.80. The maximum Gasteiger partial charge on any atom is 0.183 e. The standard InChI is InChI=1S/C18H23ClN2O3S/c1-13(10-14-2-4-15(5-3-14)23-9-7-22)21-6-8-24-17(11-21)16-12-25-18(19)20-16/h2-5,12-13,17,22H,6-11H2,1H3. The summed E-state index contributed by atoms with van der Waals surface area (Å²) in [5, 5.41) is 10.8. The van der Waals surface area contributed by atoms with E-state index in [2.05, 4.69) is 28.9 Å². The lowest BCUT2D eigenvalue weighted by atomic mass is 10.0. The highest BCUT2D eigenvalue weighted by Gasteiger charge is 2.26. The summed E-state index contributed by atoms with van der Waals surface area (Å²) in [5.41, 5.74) is 2.20. The van der Waals surface area contributed by atoms with Crippen LogP contribution in [-0.4, -0.2) is 53.9 Å². The highest BCUT2D eigenvalue weighted by Crippen LogP contribution is 2.27. The third kappa shape index (κ3) is 5.15. The van der Waals surface area contributed by atoms with Gasteiger partial charge in [0.25, 0.3) is 0 Å². The van der Waals surface area contributed by atoms with Crippen molar-refractivity contribution in [2.75, 3.05) is 32.9 Å². The Morgan fingerprint density at radius 2 is 2.24 bits per heavy atom. The molecule has 0 spiro atoms. The van der Waals surface area contributed by atoms with Crippen molar-refractivity contribution in [1.82, 2.24) is 9.88 Å². The highest BCUT2D eigenvalue weighted by molar-refractivity contribution is 7.13. The van der Waals surface area contributed by atoms with Gasteiger partial charge in [0.1, 0.15) is 18.5 Å². The summed E-state index contributed by atoms with van der Waals surface area (Å²) in [6.07, 6.45) is 0.958. The summed E-state index contributed by atoms with van der Waals surface area (Å²) in [6, 6.07) is 8.49. The van der Waals surface area contributed by atoms with Crippen LogP contribution in [0, 0.1) is 0 Å². The molecule has 1 fully saturated rings. The number of nitrogens with zero attached hydrogens (tertiary/aromatic N) is 2. The number of aliphatic hydroxyl groups is 1. The third-order valence-corrected chi connectivity index (χ3v) is 5.36. The predicted molar refractivity (Wildman–Crippen MR) is 99.6 cm³/mol. The molecule has 1 aromatic carbocycles. The Labute approximate surface area is 157 Å². The SMILES string of the molecule is CC(Cc1ccc(OCCO)cc1)N1CCOC(c2csc(Cl)n2)C1. The zero-order chi connectivity index (χ0) is 17.6. The van der Waals surface area contributed by atoms with E-state index in [0.717, 1.165) is 31.0 Å². The minimum atomic E-state index is -0.00536. The first-order chi connectivity index (χ1) is 12.2. The zero-order valence-corrected chi connectivity index (χ0v) is 15.8. The van der Waals surface area contributed by atoms with Crippen LogP contribution in [0.5, 0.6) is 5.75 Å². The molecule has 1 aliphatic rings. The molecule has 2 aromatic rings. The minimum absolute atomic E-state index is 0.00536. The fourth-order valence-corrected chi connectivity index (χ4v) is 3.83. The van der Waals surface area contributed by atoms with Gasteiger partial charge in [0.15, 0.2) is 4.47 Å². The highest BCUT2D eigenvalue weighted by atomic mass is 35.5. The van der Waals surface area contributed by atoms with E-state index < -0.39 is 0 Å². The van der Waals surface area contributed by atoms with Crippen LogP contribution < -0.4 is 4.74 Å². The second kappa shape index (κ2) is 8.96. The van der Waals surface area contributed by atoms with Gasteiger partial charge in [0.2, 0.25) is 0 Å². The molecule has 0 bridgehead atoms. The van der Waals surface area contributed by atoms with Gasteiger partial charge in [-0.15, -0.1) is 11.3 Å². The molecule has 5 nitrogen and oxygen atoms in total. The van der Waals surface area contributed by atoms with Crippen LogP contribution in [-0.2, 0) is 11.2 Å². The van der Waals surface area contributed by atoms with E-state index >= 15 is 0 Å². The first-order valence-electron chi connectivity index (χ1n) is 8.45. The number of aromatic nitrogens is 1. The van der Waals surface area contributed by atoms with Crippen molar-refractivity contribution in [1.29, 1.82) is 0 Å². The van der Waals surface area contributed by atoms with Crippen molar-refractivity contribution in [3.05, 3.63) is 45.4 Å². The predicted octanol–water partition coefficient (Wildman–Crippen LogP) is 3.17. The largest absolute Gasteiger partial charge is 0.491 e. The second-order valence-corrected chi connectivity index (χ2v) is 7.59. The van der Waals surface area contributed by atoms with Crippen molar-refractivity contribution in [3.8, 4) is 5.75 Å². The lowest BCUT2D eigenvalue weighted by Crippen LogP contribution is -2.44. The van der Waals surface area contributed by atoms with Crippen molar-refractivity contribution in [2.45, 2.75) is 25.5 Å². The Bertz CT molecular complexity index is 665. The normalized spacial score (nSPS) is 19.7. The molecule has 1 aliphatic heterocycles. The molecule has 2 unspecified atom stereocenters. The van der Waals surface area contributed by atoms with E-state index in [9.17, 15) is 0 Å². The van der Waals surface area contributed by atoms with Gasteiger partial charge < -0.3 is 14.6 Å². The van der Waals surface area contributed by atoms with Crippen LogP contribution in [0.25, 0.3) is 0 Å². The first-order valence-corrected chi connectivity index (χ1v) is 9.70. The van der Waals surface area contributed by atoms with Gasteiger partial charge in [-0.3, -0.25) is 4.90 Å². The van der Waals surface area contributed by atoms with E-state index in [1.54, 1.807) is 0 Å². The molecule has 0 amide bonds. The summed E-state index contributed by atoms with van der Waals surface area (Å²) in [5.74, 6) is 0.789. The number of rotatable bonds is 7. The summed E-state index contributed by atoms with van der Waals surface area (Å²) < 4.78 is 11.8. The maximum absolute atomic E-state index is 8.80. The summed E-state index contributed by atoms with van der Waals surface area (Å²) in [4.78, 5) is 6.79. The molecule has 7 heteroatoms. The number of benzene rings is 1. The molecule has 136 valence electrons. The van der Waals surface area contributed by atoms with E-state index in [4.69, 9.17) is 26.2 Å². The van der Waals surface area contributed by atoms with Crippen molar-refractivity contribution >= 4 is 22.9 Å². The topological polar surface area (TPSA) is 54.8 Å². The number of hydrogen-bond acceptors (Lipinski definition) is 6. The Kier molecular flexibility index (Phi) is 6.67. The summed E-state index contributed by atoms with van der Waals surface area (Å²) >= 11 is 7.39. The Morgan fingerprint density at radius 1 is 1.44 bits per heavy atom. The van der Waals surface area contributed by atoms with Crippen molar-refractivity contribution in [2.24, 2.45) is 0 Å². The second-order valence-electron chi connectivity index (χ2n) is 6.15. The summed E-state index contributed by atoms with van der Waals surface area (Å²) in [6.45, 7) is 5.06.